The smallest absolute Gasteiger partial charge is 0.280 e. The van der Waals surface area contributed by atoms with Crippen LogP contribution < -0.4 is 9.75 Å². The highest BCUT2D eigenvalue weighted by atomic mass is 35.5. The summed E-state index contributed by atoms with van der Waals surface area (Å²) in [5.41, 5.74) is -0.180. The van der Waals surface area contributed by atoms with Crippen molar-refractivity contribution in [2.45, 2.75) is 13.5 Å². The third-order valence-electron chi connectivity index (χ3n) is 5.21. The maximum atomic E-state index is 14.3. The van der Waals surface area contributed by atoms with Gasteiger partial charge in [0.15, 0.2) is 23.3 Å². The van der Waals surface area contributed by atoms with E-state index in [0.29, 0.717) is 11.1 Å². The molecule has 182 valence electrons. The van der Waals surface area contributed by atoms with Gasteiger partial charge in [-0.3, -0.25) is 4.79 Å². The fraction of sp³-hybridized carbons (Fsp3) is 0.0800. The number of carbonyl (C=O) groups is 1. The average Bonchev–Trinajstić information content (AvgIpc) is 3.14. The highest BCUT2D eigenvalue weighted by Gasteiger charge is 2.37. The van der Waals surface area contributed by atoms with Crippen molar-refractivity contribution in [1.82, 2.24) is 0 Å². The van der Waals surface area contributed by atoms with Crippen LogP contribution in [0.1, 0.15) is 23.6 Å². The number of ether oxygens (including phenoxy) is 1. The van der Waals surface area contributed by atoms with E-state index in [1.54, 1.807) is 24.3 Å². The van der Waals surface area contributed by atoms with E-state index in [4.69, 9.17) is 21.6 Å². The normalized spacial score (nSPS) is 14.3. The van der Waals surface area contributed by atoms with Crippen LogP contribution in [0.3, 0.4) is 0 Å². The molecule has 0 aliphatic carbocycles. The lowest BCUT2D eigenvalue weighted by Crippen LogP contribution is -2.25. The molecule has 3 aromatic rings. The van der Waals surface area contributed by atoms with Crippen LogP contribution in [0.4, 0.5) is 27.6 Å². The van der Waals surface area contributed by atoms with Crippen LogP contribution in [-0.2, 0) is 11.4 Å². The maximum absolute atomic E-state index is 14.3. The third-order valence-corrected chi connectivity index (χ3v) is 5.45. The van der Waals surface area contributed by atoms with Crippen molar-refractivity contribution in [3.8, 4) is 11.8 Å². The van der Waals surface area contributed by atoms with Crippen LogP contribution in [-0.4, -0.2) is 11.6 Å². The summed E-state index contributed by atoms with van der Waals surface area (Å²) < 4.78 is 75.1. The first-order valence-corrected chi connectivity index (χ1v) is 10.5. The molecule has 11 heteroatoms. The molecule has 0 spiro atoms. The van der Waals surface area contributed by atoms with Crippen LogP contribution in [0.15, 0.2) is 53.1 Å². The van der Waals surface area contributed by atoms with Gasteiger partial charge in [0.2, 0.25) is 5.82 Å². The number of halogens is 6. The minimum Gasteiger partial charge on any atom is -0.488 e. The van der Waals surface area contributed by atoms with Crippen molar-refractivity contribution in [3.63, 3.8) is 0 Å². The predicted octanol–water partition coefficient (Wildman–Crippen LogP) is 6.29. The number of hydrogen-bond acceptors (Lipinski definition) is 4. The fourth-order valence-corrected chi connectivity index (χ4v) is 3.55. The molecule has 0 bridgehead atoms. The van der Waals surface area contributed by atoms with Crippen molar-refractivity contribution in [2.24, 2.45) is 5.10 Å². The van der Waals surface area contributed by atoms with Crippen LogP contribution in [0.5, 0.6) is 5.75 Å². The zero-order valence-electron chi connectivity index (χ0n) is 18.3. The van der Waals surface area contributed by atoms with Gasteiger partial charge in [0.1, 0.15) is 18.0 Å². The fourth-order valence-electron chi connectivity index (χ4n) is 3.37. The van der Waals surface area contributed by atoms with E-state index in [2.05, 4.69) is 5.10 Å². The summed E-state index contributed by atoms with van der Waals surface area (Å²) in [5, 5.41) is 13.0. The lowest BCUT2D eigenvalue weighted by atomic mass is 10.1. The monoisotopic (exact) mass is 517 g/mol. The van der Waals surface area contributed by atoms with Gasteiger partial charge in [-0.25, -0.2) is 22.0 Å². The summed E-state index contributed by atoms with van der Waals surface area (Å²) in [6.45, 7) is 1.43. The van der Waals surface area contributed by atoms with Crippen LogP contribution in [0.2, 0.25) is 5.02 Å². The molecule has 1 amide bonds. The molecule has 4 rings (SSSR count). The number of amides is 1. The molecule has 0 unspecified atom stereocenters. The Hall–Kier alpha value is -4.23. The van der Waals surface area contributed by atoms with Crippen molar-refractivity contribution < 1.29 is 31.5 Å². The van der Waals surface area contributed by atoms with Crippen LogP contribution in [0, 0.1) is 40.4 Å². The third kappa shape index (κ3) is 4.53. The zero-order valence-corrected chi connectivity index (χ0v) is 19.0. The molecule has 0 fully saturated rings. The Bertz CT molecular complexity index is 1470. The Morgan fingerprint density at radius 3 is 2.22 bits per heavy atom. The van der Waals surface area contributed by atoms with Gasteiger partial charge < -0.3 is 4.74 Å². The second-order valence-electron chi connectivity index (χ2n) is 7.56. The molecule has 1 heterocycles. The standard InChI is InChI=1S/C25H13ClF5N3O2/c1-12-17(25(35)34(33-12)24-22(30)20(28)19(27)21(29)23(24)31)9-15-8-16(26)6-7-18(15)36-11-14-4-2-13(10-32)3-5-14/h2-9H,11H2,1H3/b17-9-. The quantitative estimate of drug-likeness (QED) is 0.173. The van der Waals surface area contributed by atoms with E-state index in [-0.39, 0.29) is 33.7 Å². The molecule has 36 heavy (non-hydrogen) atoms. The number of anilines is 1. The number of carbonyl (C=O) groups excluding carboxylic acids is 1. The number of benzene rings is 3. The molecule has 1 aliphatic heterocycles. The largest absolute Gasteiger partial charge is 0.488 e. The summed E-state index contributed by atoms with van der Waals surface area (Å²) >= 11 is 6.08. The molecular weight excluding hydrogens is 505 g/mol. The molecule has 0 saturated carbocycles. The van der Waals surface area contributed by atoms with Gasteiger partial charge in [0, 0.05) is 10.6 Å². The van der Waals surface area contributed by atoms with E-state index >= 15 is 0 Å². The zero-order chi connectivity index (χ0) is 26.1. The minimum atomic E-state index is -2.35. The summed E-state index contributed by atoms with van der Waals surface area (Å²) in [7, 11) is 0. The van der Waals surface area contributed by atoms with Gasteiger partial charge in [-0.2, -0.15) is 15.4 Å². The molecule has 0 N–H and O–H groups in total. The van der Waals surface area contributed by atoms with Gasteiger partial charge in [0.25, 0.3) is 5.91 Å². The highest BCUT2D eigenvalue weighted by molar-refractivity contribution is 6.33. The minimum absolute atomic E-state index is 0.0399. The van der Waals surface area contributed by atoms with Crippen molar-refractivity contribution in [1.29, 1.82) is 5.26 Å². The first-order chi connectivity index (χ1) is 17.1. The molecule has 0 aromatic heterocycles. The highest BCUT2D eigenvalue weighted by Crippen LogP contribution is 2.35. The summed E-state index contributed by atoms with van der Waals surface area (Å²) in [4.78, 5) is 12.9. The molecule has 5 nitrogen and oxygen atoms in total. The number of hydrogen-bond donors (Lipinski definition) is 0. The Morgan fingerprint density at radius 2 is 1.61 bits per heavy atom. The van der Waals surface area contributed by atoms with E-state index < -0.39 is 40.7 Å². The molecule has 0 atom stereocenters. The predicted molar refractivity (Wildman–Crippen MR) is 122 cm³/mol. The number of nitrogens with zero attached hydrogens (tertiary/aromatic N) is 3. The topological polar surface area (TPSA) is 65.7 Å². The lowest BCUT2D eigenvalue weighted by Gasteiger charge is -2.15. The van der Waals surface area contributed by atoms with Gasteiger partial charge in [-0.15, -0.1) is 0 Å². The van der Waals surface area contributed by atoms with Crippen LogP contribution >= 0.6 is 11.6 Å². The molecular formula is C25H13ClF5N3O2. The average molecular weight is 518 g/mol. The Labute approximate surface area is 206 Å². The van der Waals surface area contributed by atoms with Gasteiger partial charge in [-0.05, 0) is 48.9 Å². The van der Waals surface area contributed by atoms with E-state index in [9.17, 15) is 26.7 Å². The Kier molecular flexibility index (Phi) is 6.77. The van der Waals surface area contributed by atoms with Gasteiger partial charge >= 0.3 is 0 Å². The Morgan fingerprint density at radius 1 is 1.00 bits per heavy atom. The first-order valence-electron chi connectivity index (χ1n) is 10.2. The number of nitriles is 1. The maximum Gasteiger partial charge on any atom is 0.280 e. The Balaban J connectivity index is 1.67. The van der Waals surface area contributed by atoms with Gasteiger partial charge in [-0.1, -0.05) is 23.7 Å². The summed E-state index contributed by atoms with van der Waals surface area (Å²) in [6, 6.07) is 13.2. The second-order valence-corrected chi connectivity index (χ2v) is 7.99. The van der Waals surface area contributed by atoms with Gasteiger partial charge in [0.05, 0.1) is 22.9 Å². The van der Waals surface area contributed by atoms with Crippen LogP contribution in [0.25, 0.3) is 6.08 Å². The first kappa shape index (κ1) is 24.9. The molecule has 0 saturated heterocycles. The second kappa shape index (κ2) is 9.79. The molecule has 1 aliphatic rings. The van der Waals surface area contributed by atoms with Crippen molar-refractivity contribution in [3.05, 3.63) is 98.8 Å². The van der Waals surface area contributed by atoms with E-state index in [1.165, 1.54) is 31.2 Å². The summed E-state index contributed by atoms with van der Waals surface area (Å²) in [6.07, 6.45) is 1.28. The molecule has 0 radical (unpaired) electrons. The SMILES string of the molecule is CC1=NN(c2c(F)c(F)c(F)c(F)c2F)C(=O)/C1=C\c1cc(Cl)ccc1OCc1ccc(C#N)cc1. The molecule has 3 aromatic carbocycles. The van der Waals surface area contributed by atoms with Crippen molar-refractivity contribution in [2.75, 3.05) is 5.01 Å². The number of hydrazone groups is 1. The lowest BCUT2D eigenvalue weighted by molar-refractivity contribution is -0.114. The number of rotatable bonds is 5. The summed E-state index contributed by atoms with van der Waals surface area (Å²) in [5.74, 6) is -12.0. The van der Waals surface area contributed by atoms with Crippen molar-refractivity contribution >= 4 is 35.0 Å². The van der Waals surface area contributed by atoms with E-state index in [0.717, 1.165) is 5.56 Å². The van der Waals surface area contributed by atoms with E-state index in [1.807, 2.05) is 6.07 Å².